The maximum atomic E-state index is 11.2. The average molecular weight is 330 g/mol. The van der Waals surface area contributed by atoms with Gasteiger partial charge in [-0.3, -0.25) is 10.1 Å². The second-order valence-corrected chi connectivity index (χ2v) is 6.55. The molecule has 128 valence electrons. The minimum atomic E-state index is -0.432. The van der Waals surface area contributed by atoms with E-state index in [-0.39, 0.29) is 11.7 Å². The molecule has 2 saturated heterocycles. The van der Waals surface area contributed by atoms with Gasteiger partial charge in [-0.2, -0.15) is 5.26 Å². The average Bonchev–Trinajstić information content (AvgIpc) is 3.10. The SMILES string of the molecule is N#Cc1ccc(NC2CCN(CC3CCOC3)CC2)c([N+](=O)[O-])c1. The molecule has 0 saturated carbocycles. The molecule has 0 bridgehead atoms. The van der Waals surface area contributed by atoms with Crippen molar-refractivity contribution in [2.45, 2.75) is 25.3 Å². The Hall–Kier alpha value is -2.17. The Bertz CT molecular complexity index is 629. The zero-order valence-corrected chi connectivity index (χ0v) is 13.6. The molecule has 7 nitrogen and oxygen atoms in total. The lowest BCUT2D eigenvalue weighted by Gasteiger charge is -2.33. The topological polar surface area (TPSA) is 91.4 Å². The largest absolute Gasteiger partial charge is 0.381 e. The van der Waals surface area contributed by atoms with Gasteiger partial charge < -0.3 is 15.0 Å². The highest BCUT2D eigenvalue weighted by Crippen LogP contribution is 2.28. The lowest BCUT2D eigenvalue weighted by atomic mass is 10.0. The van der Waals surface area contributed by atoms with Crippen molar-refractivity contribution in [2.75, 3.05) is 38.2 Å². The van der Waals surface area contributed by atoms with Gasteiger partial charge in [0.1, 0.15) is 5.69 Å². The van der Waals surface area contributed by atoms with Gasteiger partial charge in [0.15, 0.2) is 0 Å². The summed E-state index contributed by atoms with van der Waals surface area (Å²) in [5.41, 5.74) is 0.780. The summed E-state index contributed by atoms with van der Waals surface area (Å²) in [7, 11) is 0. The predicted octanol–water partition coefficient (Wildman–Crippen LogP) is 2.38. The van der Waals surface area contributed by atoms with E-state index in [4.69, 9.17) is 10.00 Å². The van der Waals surface area contributed by atoms with Gasteiger partial charge in [0.2, 0.25) is 0 Å². The van der Waals surface area contributed by atoms with E-state index >= 15 is 0 Å². The highest BCUT2D eigenvalue weighted by molar-refractivity contribution is 5.64. The van der Waals surface area contributed by atoms with Crippen LogP contribution in [0.1, 0.15) is 24.8 Å². The molecule has 1 N–H and O–H groups in total. The van der Waals surface area contributed by atoms with E-state index in [2.05, 4.69) is 10.2 Å². The number of anilines is 1. The third-order valence-corrected chi connectivity index (χ3v) is 4.81. The van der Waals surface area contributed by atoms with Crippen LogP contribution in [-0.2, 0) is 4.74 Å². The van der Waals surface area contributed by atoms with Gasteiger partial charge in [-0.15, -0.1) is 0 Å². The van der Waals surface area contributed by atoms with E-state index in [9.17, 15) is 10.1 Å². The fourth-order valence-corrected chi connectivity index (χ4v) is 3.45. The van der Waals surface area contributed by atoms with Crippen molar-refractivity contribution in [1.29, 1.82) is 5.26 Å². The van der Waals surface area contributed by atoms with E-state index in [1.165, 1.54) is 6.07 Å². The molecule has 1 unspecified atom stereocenters. The van der Waals surface area contributed by atoms with Crippen LogP contribution in [0.15, 0.2) is 18.2 Å². The van der Waals surface area contributed by atoms with Gasteiger partial charge in [-0.05, 0) is 37.3 Å². The molecule has 24 heavy (non-hydrogen) atoms. The quantitative estimate of drug-likeness (QED) is 0.658. The van der Waals surface area contributed by atoms with E-state index in [0.29, 0.717) is 17.2 Å². The van der Waals surface area contributed by atoms with E-state index in [0.717, 1.165) is 52.1 Å². The highest BCUT2D eigenvalue weighted by Gasteiger charge is 2.25. The smallest absolute Gasteiger partial charge is 0.293 e. The molecule has 0 amide bonds. The van der Waals surface area contributed by atoms with Crippen molar-refractivity contribution < 1.29 is 9.66 Å². The first-order valence-electron chi connectivity index (χ1n) is 8.41. The Kier molecular flexibility index (Phi) is 5.28. The molecule has 1 atom stereocenters. The van der Waals surface area contributed by atoms with Crippen LogP contribution in [0.5, 0.6) is 0 Å². The lowest BCUT2D eigenvalue weighted by molar-refractivity contribution is -0.384. The molecule has 2 aliphatic rings. The van der Waals surface area contributed by atoms with Crippen LogP contribution in [0, 0.1) is 27.4 Å². The van der Waals surface area contributed by atoms with E-state index in [1.54, 1.807) is 12.1 Å². The number of piperidine rings is 1. The first-order valence-corrected chi connectivity index (χ1v) is 8.41. The minimum absolute atomic E-state index is 0.0282. The van der Waals surface area contributed by atoms with Crippen LogP contribution >= 0.6 is 0 Å². The number of nitrogens with one attached hydrogen (secondary N) is 1. The second kappa shape index (κ2) is 7.60. The first kappa shape index (κ1) is 16.7. The van der Waals surface area contributed by atoms with Gasteiger partial charge >= 0.3 is 0 Å². The molecule has 0 aromatic heterocycles. The predicted molar refractivity (Wildman–Crippen MR) is 89.8 cm³/mol. The Morgan fingerprint density at radius 2 is 2.17 bits per heavy atom. The minimum Gasteiger partial charge on any atom is -0.381 e. The summed E-state index contributed by atoms with van der Waals surface area (Å²) in [4.78, 5) is 13.2. The molecule has 2 heterocycles. The Morgan fingerprint density at radius 1 is 1.38 bits per heavy atom. The van der Waals surface area contributed by atoms with Gasteiger partial charge in [-0.1, -0.05) is 0 Å². The molecule has 1 aromatic rings. The van der Waals surface area contributed by atoms with Crippen LogP contribution in [0.3, 0.4) is 0 Å². The molecule has 3 rings (SSSR count). The molecule has 2 aliphatic heterocycles. The maximum Gasteiger partial charge on any atom is 0.293 e. The van der Waals surface area contributed by atoms with Gasteiger partial charge in [0.25, 0.3) is 5.69 Å². The highest BCUT2D eigenvalue weighted by atomic mass is 16.6. The number of nitro benzene ring substituents is 1. The molecule has 1 aromatic carbocycles. The third kappa shape index (κ3) is 4.02. The van der Waals surface area contributed by atoms with Crippen LogP contribution < -0.4 is 5.32 Å². The van der Waals surface area contributed by atoms with Crippen LogP contribution in [0.2, 0.25) is 0 Å². The Balaban J connectivity index is 1.56. The van der Waals surface area contributed by atoms with Crippen molar-refractivity contribution in [3.05, 3.63) is 33.9 Å². The zero-order chi connectivity index (χ0) is 16.9. The number of nitriles is 1. The van der Waals surface area contributed by atoms with Crippen molar-refractivity contribution in [1.82, 2.24) is 4.90 Å². The zero-order valence-electron chi connectivity index (χ0n) is 13.6. The molecular formula is C17H22N4O3. The summed E-state index contributed by atoms with van der Waals surface area (Å²) in [5, 5.41) is 23.4. The van der Waals surface area contributed by atoms with Crippen molar-refractivity contribution in [2.24, 2.45) is 5.92 Å². The second-order valence-electron chi connectivity index (χ2n) is 6.55. The van der Waals surface area contributed by atoms with Gasteiger partial charge in [-0.25, -0.2) is 0 Å². The molecular weight excluding hydrogens is 308 g/mol. The molecule has 0 spiro atoms. The Labute approximate surface area is 141 Å². The van der Waals surface area contributed by atoms with Crippen molar-refractivity contribution >= 4 is 11.4 Å². The van der Waals surface area contributed by atoms with Crippen LogP contribution in [0.4, 0.5) is 11.4 Å². The summed E-state index contributed by atoms with van der Waals surface area (Å²) < 4.78 is 5.43. The summed E-state index contributed by atoms with van der Waals surface area (Å²) in [6.07, 6.45) is 3.07. The summed E-state index contributed by atoms with van der Waals surface area (Å²) >= 11 is 0. The Morgan fingerprint density at radius 3 is 2.79 bits per heavy atom. The number of nitrogens with zero attached hydrogens (tertiary/aromatic N) is 3. The molecule has 2 fully saturated rings. The van der Waals surface area contributed by atoms with Crippen molar-refractivity contribution in [3.63, 3.8) is 0 Å². The number of likely N-dealkylation sites (tertiary alicyclic amines) is 1. The van der Waals surface area contributed by atoms with Crippen molar-refractivity contribution in [3.8, 4) is 6.07 Å². The number of hydrogen-bond donors (Lipinski definition) is 1. The first-order chi connectivity index (χ1) is 11.7. The number of benzene rings is 1. The summed E-state index contributed by atoms with van der Waals surface area (Å²) in [6, 6.07) is 6.76. The molecule has 0 radical (unpaired) electrons. The summed E-state index contributed by atoms with van der Waals surface area (Å²) in [5.74, 6) is 0.647. The normalized spacial score (nSPS) is 22.2. The standard InChI is InChI=1S/C17H22N4O3/c18-10-13-1-2-16(17(9-13)21(22)23)19-15-3-6-20(7-4-15)11-14-5-8-24-12-14/h1-2,9,14-15,19H,3-8,11-12H2. The monoisotopic (exact) mass is 330 g/mol. The summed E-state index contributed by atoms with van der Waals surface area (Å²) in [6.45, 7) is 4.83. The lowest BCUT2D eigenvalue weighted by Crippen LogP contribution is -2.41. The number of rotatable bonds is 5. The molecule has 7 heteroatoms. The number of hydrogen-bond acceptors (Lipinski definition) is 6. The molecule has 0 aliphatic carbocycles. The third-order valence-electron chi connectivity index (χ3n) is 4.81. The van der Waals surface area contributed by atoms with Crippen LogP contribution in [0.25, 0.3) is 0 Å². The number of ether oxygens (including phenoxy) is 1. The fraction of sp³-hybridized carbons (Fsp3) is 0.588. The van der Waals surface area contributed by atoms with E-state index < -0.39 is 4.92 Å². The number of nitro groups is 1. The maximum absolute atomic E-state index is 11.2. The van der Waals surface area contributed by atoms with E-state index in [1.807, 2.05) is 6.07 Å². The van der Waals surface area contributed by atoms with Gasteiger partial charge in [0.05, 0.1) is 23.2 Å². The van der Waals surface area contributed by atoms with Gasteiger partial charge in [0, 0.05) is 38.3 Å². The van der Waals surface area contributed by atoms with Crippen LogP contribution in [-0.4, -0.2) is 48.7 Å². The fourth-order valence-electron chi connectivity index (χ4n) is 3.45.